The number of aliphatic carboxylic acids is 1. The minimum absolute atomic E-state index is 0.0993. The summed E-state index contributed by atoms with van der Waals surface area (Å²) in [4.78, 5) is 45.0. The summed E-state index contributed by atoms with van der Waals surface area (Å²) in [6.45, 7) is 6.83. The molecule has 1 aromatic heterocycles. The zero-order chi connectivity index (χ0) is 17.7. The van der Waals surface area contributed by atoms with Crippen LogP contribution < -0.4 is 5.69 Å². The molecule has 1 amide bonds. The highest BCUT2D eigenvalue weighted by molar-refractivity contribution is 5.92. The Bertz CT molecular complexity index is 648. The van der Waals surface area contributed by atoms with Crippen LogP contribution in [0.1, 0.15) is 36.5 Å². The highest BCUT2D eigenvalue weighted by Crippen LogP contribution is 2.09. The Balaban J connectivity index is 1.99. The van der Waals surface area contributed by atoms with Crippen molar-refractivity contribution >= 4 is 11.9 Å². The molecule has 8 nitrogen and oxygen atoms in total. The van der Waals surface area contributed by atoms with E-state index in [0.717, 1.165) is 0 Å². The van der Waals surface area contributed by atoms with E-state index in [-0.39, 0.29) is 18.0 Å². The number of nitrogens with one attached hydrogen (secondary N) is 1. The molecule has 1 saturated heterocycles. The molecular formula is C16H24N4O4. The van der Waals surface area contributed by atoms with E-state index in [1.54, 1.807) is 11.0 Å². The Morgan fingerprint density at radius 3 is 2.54 bits per heavy atom. The van der Waals surface area contributed by atoms with E-state index in [1.165, 1.54) is 0 Å². The molecule has 0 aromatic carbocycles. The molecule has 0 radical (unpaired) electrons. The maximum absolute atomic E-state index is 12.6. The van der Waals surface area contributed by atoms with Crippen LogP contribution in [0.15, 0.2) is 10.9 Å². The van der Waals surface area contributed by atoms with Gasteiger partial charge < -0.3 is 15.0 Å². The van der Waals surface area contributed by atoms with Gasteiger partial charge in [0.1, 0.15) is 5.69 Å². The number of carboxylic acid groups (broad SMARTS) is 1. The summed E-state index contributed by atoms with van der Waals surface area (Å²) in [6.07, 6.45) is 0.781. The molecule has 132 valence electrons. The number of nitrogens with zero attached hydrogens (tertiary/aromatic N) is 3. The van der Waals surface area contributed by atoms with Crippen molar-refractivity contribution in [1.29, 1.82) is 0 Å². The van der Waals surface area contributed by atoms with Crippen LogP contribution in [0, 0.1) is 5.92 Å². The van der Waals surface area contributed by atoms with E-state index < -0.39 is 11.7 Å². The summed E-state index contributed by atoms with van der Waals surface area (Å²) in [5.41, 5.74) is 0.387. The van der Waals surface area contributed by atoms with Crippen molar-refractivity contribution in [2.24, 2.45) is 5.92 Å². The van der Waals surface area contributed by atoms with E-state index in [9.17, 15) is 14.4 Å². The standard InChI is InChI=1S/C16H24N4O4/c1-11(2)9-12-10-13(18-16(24)17-12)15(23)20-7-5-19(6-8-20)4-3-14(21)22/h10-11H,3-9H2,1-2H3,(H,21,22)(H,17,18,24). The minimum Gasteiger partial charge on any atom is -0.481 e. The van der Waals surface area contributed by atoms with Gasteiger partial charge in [0.25, 0.3) is 5.91 Å². The SMILES string of the molecule is CC(C)Cc1cc(C(=O)N2CCN(CCC(=O)O)CC2)nc(=O)[nH]1. The molecule has 1 aromatic rings. The predicted octanol–water partition coefficient (Wildman–Crippen LogP) is 0.201. The largest absolute Gasteiger partial charge is 0.481 e. The number of H-pyrrole nitrogens is 1. The average Bonchev–Trinajstić information content (AvgIpc) is 2.51. The van der Waals surface area contributed by atoms with Crippen LogP contribution >= 0.6 is 0 Å². The number of carbonyl (C=O) groups excluding carboxylic acids is 1. The molecule has 2 heterocycles. The Morgan fingerprint density at radius 1 is 1.29 bits per heavy atom. The molecule has 2 rings (SSSR count). The van der Waals surface area contributed by atoms with Crippen molar-refractivity contribution in [3.8, 4) is 0 Å². The fourth-order valence-electron chi connectivity index (χ4n) is 2.76. The van der Waals surface area contributed by atoms with Crippen LogP contribution in [0.3, 0.4) is 0 Å². The van der Waals surface area contributed by atoms with Crippen molar-refractivity contribution < 1.29 is 14.7 Å². The van der Waals surface area contributed by atoms with Gasteiger partial charge in [0.15, 0.2) is 0 Å². The Hall–Kier alpha value is -2.22. The highest BCUT2D eigenvalue weighted by atomic mass is 16.4. The van der Waals surface area contributed by atoms with Crippen LogP contribution in [0.25, 0.3) is 0 Å². The van der Waals surface area contributed by atoms with Gasteiger partial charge in [-0.1, -0.05) is 13.8 Å². The zero-order valence-corrected chi connectivity index (χ0v) is 14.1. The van der Waals surface area contributed by atoms with Crippen molar-refractivity contribution in [3.63, 3.8) is 0 Å². The lowest BCUT2D eigenvalue weighted by atomic mass is 10.1. The smallest absolute Gasteiger partial charge is 0.345 e. The van der Waals surface area contributed by atoms with Crippen molar-refractivity contribution in [2.45, 2.75) is 26.7 Å². The second kappa shape index (κ2) is 8.05. The van der Waals surface area contributed by atoms with Crippen molar-refractivity contribution in [1.82, 2.24) is 19.8 Å². The topological polar surface area (TPSA) is 107 Å². The lowest BCUT2D eigenvalue weighted by Crippen LogP contribution is -2.49. The molecule has 0 unspecified atom stereocenters. The third-order valence-electron chi connectivity index (χ3n) is 3.95. The maximum atomic E-state index is 12.6. The lowest BCUT2D eigenvalue weighted by Gasteiger charge is -2.34. The van der Waals surface area contributed by atoms with Crippen LogP contribution in [0.2, 0.25) is 0 Å². The van der Waals surface area contributed by atoms with E-state index in [4.69, 9.17) is 5.11 Å². The number of piperazine rings is 1. The first kappa shape index (κ1) is 18.1. The van der Waals surface area contributed by atoms with Gasteiger partial charge in [0.05, 0.1) is 6.42 Å². The second-order valence-corrected chi connectivity index (χ2v) is 6.47. The summed E-state index contributed by atoms with van der Waals surface area (Å²) < 4.78 is 0. The fourth-order valence-corrected chi connectivity index (χ4v) is 2.76. The summed E-state index contributed by atoms with van der Waals surface area (Å²) >= 11 is 0. The molecule has 8 heteroatoms. The van der Waals surface area contributed by atoms with E-state index in [1.807, 2.05) is 18.7 Å². The van der Waals surface area contributed by atoms with Gasteiger partial charge in [-0.15, -0.1) is 0 Å². The Morgan fingerprint density at radius 2 is 1.96 bits per heavy atom. The number of carbonyl (C=O) groups is 2. The predicted molar refractivity (Wildman–Crippen MR) is 88.0 cm³/mol. The van der Waals surface area contributed by atoms with Gasteiger partial charge in [0, 0.05) is 38.4 Å². The summed E-state index contributed by atoms with van der Waals surface area (Å²) in [5, 5.41) is 8.72. The molecule has 0 spiro atoms. The van der Waals surface area contributed by atoms with Crippen LogP contribution in [-0.4, -0.2) is 69.5 Å². The molecule has 0 bridgehead atoms. The van der Waals surface area contributed by atoms with Gasteiger partial charge in [-0.25, -0.2) is 4.79 Å². The van der Waals surface area contributed by atoms with Crippen LogP contribution in [0.5, 0.6) is 0 Å². The second-order valence-electron chi connectivity index (χ2n) is 6.47. The van der Waals surface area contributed by atoms with E-state index in [0.29, 0.717) is 50.8 Å². The average molecular weight is 336 g/mol. The van der Waals surface area contributed by atoms with Gasteiger partial charge in [-0.3, -0.25) is 14.5 Å². The highest BCUT2D eigenvalue weighted by Gasteiger charge is 2.23. The summed E-state index contributed by atoms with van der Waals surface area (Å²) in [7, 11) is 0. The van der Waals surface area contributed by atoms with Crippen LogP contribution in [0.4, 0.5) is 0 Å². The first-order valence-electron chi connectivity index (χ1n) is 8.19. The summed E-state index contributed by atoms with van der Waals surface area (Å²) in [6, 6.07) is 1.65. The number of amides is 1. The van der Waals surface area contributed by atoms with Gasteiger partial charge >= 0.3 is 11.7 Å². The maximum Gasteiger partial charge on any atom is 0.345 e. The lowest BCUT2D eigenvalue weighted by molar-refractivity contribution is -0.137. The normalized spacial score (nSPS) is 15.7. The number of hydrogen-bond acceptors (Lipinski definition) is 5. The van der Waals surface area contributed by atoms with Crippen LogP contribution in [-0.2, 0) is 11.2 Å². The monoisotopic (exact) mass is 336 g/mol. The van der Waals surface area contributed by atoms with Crippen molar-refractivity contribution in [3.05, 3.63) is 27.9 Å². The molecule has 24 heavy (non-hydrogen) atoms. The number of carboxylic acids is 1. The molecular weight excluding hydrogens is 312 g/mol. The first-order chi connectivity index (χ1) is 11.3. The molecule has 0 aliphatic carbocycles. The van der Waals surface area contributed by atoms with Gasteiger partial charge in [0.2, 0.25) is 0 Å². The third kappa shape index (κ3) is 5.16. The van der Waals surface area contributed by atoms with Gasteiger partial charge in [-0.2, -0.15) is 4.98 Å². The molecule has 0 saturated carbocycles. The molecule has 1 aliphatic heterocycles. The number of hydrogen-bond donors (Lipinski definition) is 2. The number of aromatic amines is 1. The third-order valence-corrected chi connectivity index (χ3v) is 3.95. The number of aromatic nitrogens is 2. The van der Waals surface area contributed by atoms with Gasteiger partial charge in [-0.05, 0) is 18.4 Å². The van der Waals surface area contributed by atoms with E-state index >= 15 is 0 Å². The Kier molecular flexibility index (Phi) is 6.08. The fraction of sp³-hybridized carbons (Fsp3) is 0.625. The molecule has 2 N–H and O–H groups in total. The Labute approximate surface area is 140 Å². The molecule has 0 atom stereocenters. The summed E-state index contributed by atoms with van der Waals surface area (Å²) in [5.74, 6) is -0.702. The number of rotatable bonds is 6. The quantitative estimate of drug-likeness (QED) is 0.769. The van der Waals surface area contributed by atoms with Crippen molar-refractivity contribution in [2.75, 3.05) is 32.7 Å². The van der Waals surface area contributed by atoms with E-state index in [2.05, 4.69) is 9.97 Å². The zero-order valence-electron chi connectivity index (χ0n) is 14.1. The minimum atomic E-state index is -0.820. The first-order valence-corrected chi connectivity index (χ1v) is 8.19. The molecule has 1 aliphatic rings. The molecule has 1 fully saturated rings.